The number of aliphatic carboxylic acids is 1. The molecule has 3 heterocycles. The lowest BCUT2D eigenvalue weighted by Gasteiger charge is -2.28. The number of carbonyl (C=O) groups excluding carboxylic acids is 1. The average molecular weight is 474 g/mol. The Morgan fingerprint density at radius 1 is 1.24 bits per heavy atom. The lowest BCUT2D eigenvalue weighted by atomic mass is 10.4. The first-order valence-corrected chi connectivity index (χ1v) is 9.46. The lowest BCUT2D eigenvalue weighted by Crippen LogP contribution is -2.45. The topological polar surface area (TPSA) is 141 Å². The number of alkyl halides is 3. The van der Waals surface area contributed by atoms with Gasteiger partial charge < -0.3 is 20.2 Å². The van der Waals surface area contributed by atoms with Crippen LogP contribution in [-0.4, -0.2) is 68.2 Å². The van der Waals surface area contributed by atoms with Crippen molar-refractivity contribution < 1.29 is 32.7 Å². The van der Waals surface area contributed by atoms with E-state index in [0.717, 1.165) is 14.0 Å². The van der Waals surface area contributed by atoms with Gasteiger partial charge in [0.05, 0.1) is 6.54 Å². The van der Waals surface area contributed by atoms with Gasteiger partial charge in [-0.05, 0) is 6.92 Å². The summed E-state index contributed by atoms with van der Waals surface area (Å²) in [6.07, 6.45) is -5.34. The van der Waals surface area contributed by atoms with E-state index in [1.807, 2.05) is 0 Å². The molecule has 2 N–H and O–H groups in total. The monoisotopic (exact) mass is 474 g/mol. The molecule has 0 amide bonds. The third kappa shape index (κ3) is 5.71. The van der Waals surface area contributed by atoms with Crippen molar-refractivity contribution >= 4 is 29.1 Å². The molecule has 0 aromatic carbocycles. The molecule has 1 saturated heterocycles. The largest absolute Gasteiger partial charge is 0.493 e. The minimum absolute atomic E-state index is 0.00687. The number of anilines is 1. The van der Waals surface area contributed by atoms with Crippen LogP contribution >= 0.6 is 0 Å². The van der Waals surface area contributed by atoms with Crippen molar-refractivity contribution in [3.63, 3.8) is 0 Å². The van der Waals surface area contributed by atoms with Crippen LogP contribution in [0.2, 0.25) is 0 Å². The molecule has 15 heteroatoms. The van der Waals surface area contributed by atoms with Gasteiger partial charge in [-0.15, -0.1) is 5.92 Å². The second-order valence-electron chi connectivity index (χ2n) is 6.67. The number of piperazine rings is 1. The first-order chi connectivity index (χ1) is 15.4. The molecule has 0 bridgehead atoms. The summed E-state index contributed by atoms with van der Waals surface area (Å²) in [6.45, 7) is 4.94. The molecule has 1 fully saturated rings. The van der Waals surface area contributed by atoms with Crippen LogP contribution in [-0.2, 0) is 23.2 Å². The van der Waals surface area contributed by atoms with Crippen molar-refractivity contribution in [3.8, 4) is 11.8 Å². The van der Waals surface area contributed by atoms with Crippen LogP contribution in [0.3, 0.4) is 0 Å². The van der Waals surface area contributed by atoms with Gasteiger partial charge in [-0.2, -0.15) is 18.2 Å². The second-order valence-corrected chi connectivity index (χ2v) is 6.67. The van der Waals surface area contributed by atoms with Gasteiger partial charge in [-0.3, -0.25) is 18.7 Å². The Kier molecular flexibility index (Phi) is 7.88. The molecule has 1 aliphatic rings. The summed E-state index contributed by atoms with van der Waals surface area (Å²) in [5, 5.41) is 10.6. The van der Waals surface area contributed by atoms with Crippen molar-refractivity contribution in [1.29, 1.82) is 0 Å². The third-order valence-electron chi connectivity index (χ3n) is 4.31. The summed E-state index contributed by atoms with van der Waals surface area (Å²) < 4.78 is 40.1. The highest BCUT2D eigenvalue weighted by atomic mass is 19.4. The van der Waals surface area contributed by atoms with E-state index in [0.29, 0.717) is 30.7 Å². The smallest absolute Gasteiger partial charge is 0.481 e. The number of carboxylic acids is 1. The van der Waals surface area contributed by atoms with E-state index >= 15 is 0 Å². The Hall–Kier alpha value is -3.80. The molecule has 12 nitrogen and oxygen atoms in total. The van der Waals surface area contributed by atoms with E-state index in [1.165, 1.54) is 4.57 Å². The number of nitrogens with one attached hydrogen (secondary N) is 1. The van der Waals surface area contributed by atoms with Crippen LogP contribution in [0.5, 0.6) is 0 Å². The molecule has 2 aromatic heterocycles. The van der Waals surface area contributed by atoms with E-state index < -0.39 is 35.0 Å². The van der Waals surface area contributed by atoms with E-state index in [4.69, 9.17) is 9.90 Å². The summed E-state index contributed by atoms with van der Waals surface area (Å²) >= 11 is 0. The van der Waals surface area contributed by atoms with E-state index in [-0.39, 0.29) is 22.7 Å². The maximum absolute atomic E-state index is 12.7. The standard InChI is InChI=1S/C16H17F3N6O4.C2H4O2/c1-3-4-7-24-10-11(21-14(24)23-8-5-20-6-9-23)25(15(28)22(2)12(10)26)29-13(27)16(17,18)19;1-2(3)4/h20H,5-9H2,1-2H3;1H3,(H,3,4). The molecule has 1 aliphatic heterocycles. The van der Waals surface area contributed by atoms with Gasteiger partial charge in [0.15, 0.2) is 5.52 Å². The molecule has 180 valence electrons. The van der Waals surface area contributed by atoms with E-state index in [2.05, 4.69) is 27.0 Å². The number of imidazole rings is 1. The van der Waals surface area contributed by atoms with Crippen molar-refractivity contribution in [1.82, 2.24) is 24.2 Å². The van der Waals surface area contributed by atoms with Crippen molar-refractivity contribution in [3.05, 3.63) is 20.8 Å². The summed E-state index contributed by atoms with van der Waals surface area (Å²) in [7, 11) is 1.06. The van der Waals surface area contributed by atoms with Gasteiger partial charge in [-0.25, -0.2) is 9.59 Å². The van der Waals surface area contributed by atoms with E-state index in [1.54, 1.807) is 11.8 Å². The number of halogens is 3. The Bertz CT molecular complexity index is 1220. The number of aromatic nitrogens is 4. The maximum atomic E-state index is 12.7. The first-order valence-electron chi connectivity index (χ1n) is 9.46. The zero-order valence-electron chi connectivity index (χ0n) is 17.9. The predicted molar refractivity (Wildman–Crippen MR) is 109 cm³/mol. The molecule has 2 aromatic rings. The maximum Gasteiger partial charge on any atom is 0.493 e. The molecule has 0 aliphatic carbocycles. The molecular weight excluding hydrogens is 453 g/mol. The highest BCUT2D eigenvalue weighted by Gasteiger charge is 2.43. The fourth-order valence-electron chi connectivity index (χ4n) is 2.89. The average Bonchev–Trinajstić information content (AvgIpc) is 3.12. The number of nitrogens with zero attached hydrogens (tertiary/aromatic N) is 5. The molecule has 0 spiro atoms. The number of fused-ring (bicyclic) bond motifs is 1. The van der Waals surface area contributed by atoms with Crippen molar-refractivity contribution in [2.24, 2.45) is 7.05 Å². The normalized spacial score (nSPS) is 13.6. The van der Waals surface area contributed by atoms with Gasteiger partial charge in [0.25, 0.3) is 11.5 Å². The van der Waals surface area contributed by atoms with Gasteiger partial charge in [0.2, 0.25) is 11.6 Å². The SMILES string of the molecule is CC#CCn1c(N2CCNCC2)nc2c1c(=O)n(C)c(=O)n2OC(=O)C(F)(F)F.CC(=O)O. The molecule has 0 saturated carbocycles. The fraction of sp³-hybridized carbons (Fsp3) is 0.500. The minimum atomic E-state index is -5.34. The zero-order valence-corrected chi connectivity index (χ0v) is 17.9. The predicted octanol–water partition coefficient (Wildman–Crippen LogP) is -1.06. The van der Waals surface area contributed by atoms with Gasteiger partial charge in [0.1, 0.15) is 0 Å². The number of rotatable bonds is 3. The third-order valence-corrected chi connectivity index (χ3v) is 4.31. The molecule has 0 atom stereocenters. The van der Waals surface area contributed by atoms with E-state index in [9.17, 15) is 27.6 Å². The van der Waals surface area contributed by atoms with Crippen LogP contribution in [0.15, 0.2) is 9.59 Å². The number of hydrogen-bond acceptors (Lipinski definition) is 8. The van der Waals surface area contributed by atoms with Crippen LogP contribution < -0.4 is 26.3 Å². The summed E-state index contributed by atoms with van der Waals surface area (Å²) in [6, 6.07) is 0. The van der Waals surface area contributed by atoms with Crippen LogP contribution in [0.4, 0.5) is 19.1 Å². The molecule has 0 radical (unpaired) electrons. The molecule has 0 unspecified atom stereocenters. The minimum Gasteiger partial charge on any atom is -0.481 e. The van der Waals surface area contributed by atoms with Crippen LogP contribution in [0, 0.1) is 11.8 Å². The van der Waals surface area contributed by atoms with Gasteiger partial charge in [-0.1, -0.05) is 10.7 Å². The first kappa shape index (κ1) is 25.5. The molecular formula is C18H21F3N6O6. The van der Waals surface area contributed by atoms with Crippen molar-refractivity contribution in [2.45, 2.75) is 26.6 Å². The van der Waals surface area contributed by atoms with Gasteiger partial charge >= 0.3 is 17.8 Å². The van der Waals surface area contributed by atoms with Crippen molar-refractivity contribution in [2.75, 3.05) is 31.1 Å². The Labute approximate surface area is 184 Å². The van der Waals surface area contributed by atoms with Gasteiger partial charge in [0, 0.05) is 40.2 Å². The number of carboxylic acid groups (broad SMARTS) is 1. The molecule has 3 rings (SSSR count). The zero-order chi connectivity index (χ0) is 24.9. The summed E-state index contributed by atoms with van der Waals surface area (Å²) in [5.41, 5.74) is -2.74. The quantitative estimate of drug-likeness (QED) is 0.533. The Balaban J connectivity index is 0.000000890. The highest BCUT2D eigenvalue weighted by molar-refractivity contribution is 5.78. The summed E-state index contributed by atoms with van der Waals surface area (Å²) in [5.74, 6) is 2.25. The Morgan fingerprint density at radius 2 is 1.82 bits per heavy atom. The highest BCUT2D eigenvalue weighted by Crippen LogP contribution is 2.21. The second kappa shape index (κ2) is 10.2. The summed E-state index contributed by atoms with van der Waals surface area (Å²) in [4.78, 5) is 55.6. The number of hydrogen-bond donors (Lipinski definition) is 2. The van der Waals surface area contributed by atoms with Crippen LogP contribution in [0.1, 0.15) is 13.8 Å². The number of carbonyl (C=O) groups is 2. The Morgan fingerprint density at radius 3 is 2.33 bits per heavy atom. The van der Waals surface area contributed by atoms with Crippen LogP contribution in [0.25, 0.3) is 11.2 Å². The fourth-order valence-corrected chi connectivity index (χ4v) is 2.89. The molecule has 33 heavy (non-hydrogen) atoms. The lowest BCUT2D eigenvalue weighted by molar-refractivity contribution is -0.200.